The maximum absolute atomic E-state index is 13.1. The number of aryl methyl sites for hydroxylation is 1. The Morgan fingerprint density at radius 2 is 1.46 bits per heavy atom. The average Bonchev–Trinajstić information content (AvgIpc) is 2.87. The van der Waals surface area contributed by atoms with E-state index in [1.54, 1.807) is 12.1 Å². The van der Waals surface area contributed by atoms with Gasteiger partial charge in [-0.2, -0.15) is 4.31 Å². The summed E-state index contributed by atoms with van der Waals surface area (Å²) < 4.78 is 27.4. The van der Waals surface area contributed by atoms with E-state index in [1.165, 1.54) is 17.1 Å². The summed E-state index contributed by atoms with van der Waals surface area (Å²) in [6.07, 6.45) is 5.97. The molecule has 0 aromatic heterocycles. The Morgan fingerprint density at radius 1 is 0.857 bits per heavy atom. The van der Waals surface area contributed by atoms with E-state index >= 15 is 0 Å². The number of nitrogens with zero attached hydrogens (tertiary/aromatic N) is 2. The van der Waals surface area contributed by atoms with Gasteiger partial charge in [0.2, 0.25) is 21.8 Å². The molecule has 2 aliphatic heterocycles. The van der Waals surface area contributed by atoms with E-state index in [1.807, 2.05) is 24.0 Å². The summed E-state index contributed by atoms with van der Waals surface area (Å²) in [7, 11) is -3.53. The van der Waals surface area contributed by atoms with Crippen LogP contribution in [0.3, 0.4) is 0 Å². The third-order valence-corrected chi connectivity index (χ3v) is 10.6. The van der Waals surface area contributed by atoms with Crippen LogP contribution in [0.4, 0.5) is 0 Å². The van der Waals surface area contributed by atoms with Crippen molar-refractivity contribution in [3.63, 3.8) is 0 Å². The van der Waals surface area contributed by atoms with E-state index in [0.717, 1.165) is 12.0 Å². The van der Waals surface area contributed by atoms with Crippen LogP contribution in [0.5, 0.6) is 0 Å². The summed E-state index contributed by atoms with van der Waals surface area (Å²) in [5.74, 6) is 1.25. The van der Waals surface area contributed by atoms with Crippen LogP contribution in [0, 0.1) is 30.6 Å². The Morgan fingerprint density at radius 3 is 2.09 bits per heavy atom. The van der Waals surface area contributed by atoms with Gasteiger partial charge in [-0.15, -0.1) is 0 Å². The highest BCUT2D eigenvalue weighted by atomic mass is 32.2. The number of hydrogen-bond acceptors (Lipinski definition) is 4. The number of hydrogen-bond donors (Lipinski definition) is 1. The summed E-state index contributed by atoms with van der Waals surface area (Å²) >= 11 is 0. The topological polar surface area (TPSA) is 86.8 Å². The molecule has 7 nitrogen and oxygen atoms in total. The van der Waals surface area contributed by atoms with Gasteiger partial charge < -0.3 is 10.2 Å². The summed E-state index contributed by atoms with van der Waals surface area (Å²) in [6, 6.07) is 7.19. The van der Waals surface area contributed by atoms with E-state index in [-0.39, 0.29) is 29.7 Å². The quantitative estimate of drug-likeness (QED) is 0.666. The molecule has 0 radical (unpaired) electrons. The number of nitrogens with one attached hydrogen (secondary N) is 1. The standard InChI is InChI=1S/C27H41N3O4S/c1-19-7-9-24(10-8-19)35(33,34)30-17-13-23(14-18-30)27(32)29-15-11-22(12-16-29)26(31)28-25-6-4-5-20(2)21(25)3/h7-10,20-23,25H,4-6,11-18H2,1-3H3,(H,28,31)/t20-,21-,25-/m1/s1. The van der Waals surface area contributed by atoms with Gasteiger partial charge in [-0.3, -0.25) is 9.59 Å². The van der Waals surface area contributed by atoms with Crippen LogP contribution < -0.4 is 5.32 Å². The Labute approximate surface area is 210 Å². The van der Waals surface area contributed by atoms with Crippen molar-refractivity contribution in [1.82, 2.24) is 14.5 Å². The van der Waals surface area contributed by atoms with Crippen molar-refractivity contribution in [3.05, 3.63) is 29.8 Å². The molecule has 0 bridgehead atoms. The highest BCUT2D eigenvalue weighted by molar-refractivity contribution is 7.89. The second-order valence-corrected chi connectivity index (χ2v) is 12.9. The molecule has 2 heterocycles. The molecule has 8 heteroatoms. The van der Waals surface area contributed by atoms with Crippen LogP contribution in [-0.4, -0.2) is 61.7 Å². The lowest BCUT2D eigenvalue weighted by molar-refractivity contribution is -0.140. The van der Waals surface area contributed by atoms with Crippen molar-refractivity contribution in [3.8, 4) is 0 Å². The second kappa shape index (κ2) is 11.0. The Hall–Kier alpha value is -1.93. The van der Waals surface area contributed by atoms with Crippen molar-refractivity contribution >= 4 is 21.8 Å². The zero-order chi connectivity index (χ0) is 25.2. The van der Waals surface area contributed by atoms with Gasteiger partial charge in [0.05, 0.1) is 4.90 Å². The van der Waals surface area contributed by atoms with Gasteiger partial charge in [-0.05, 0) is 63.0 Å². The fourth-order valence-electron chi connectivity index (χ4n) is 5.91. The third kappa shape index (κ3) is 5.91. The van der Waals surface area contributed by atoms with Crippen molar-refractivity contribution in [2.24, 2.45) is 23.7 Å². The van der Waals surface area contributed by atoms with Crippen molar-refractivity contribution in [2.75, 3.05) is 26.2 Å². The van der Waals surface area contributed by atoms with Gasteiger partial charge in [0.1, 0.15) is 0 Å². The van der Waals surface area contributed by atoms with Crippen molar-refractivity contribution in [2.45, 2.75) is 76.7 Å². The first-order valence-electron chi connectivity index (χ1n) is 13.3. The zero-order valence-corrected chi connectivity index (χ0v) is 22.2. The number of carbonyl (C=O) groups excluding carboxylic acids is 2. The number of rotatable bonds is 5. The monoisotopic (exact) mass is 503 g/mol. The zero-order valence-electron chi connectivity index (χ0n) is 21.4. The van der Waals surface area contributed by atoms with Gasteiger partial charge in [0, 0.05) is 44.1 Å². The molecule has 3 atom stereocenters. The molecule has 1 aliphatic carbocycles. The molecular formula is C27H41N3O4S. The number of likely N-dealkylation sites (tertiary alicyclic amines) is 1. The Kier molecular flexibility index (Phi) is 8.21. The summed E-state index contributed by atoms with van der Waals surface area (Å²) in [5, 5.41) is 3.31. The Balaban J connectivity index is 1.24. The first-order valence-corrected chi connectivity index (χ1v) is 14.8. The molecule has 1 saturated carbocycles. The van der Waals surface area contributed by atoms with Gasteiger partial charge in [-0.1, -0.05) is 44.4 Å². The molecule has 3 fully saturated rings. The summed E-state index contributed by atoms with van der Waals surface area (Å²) in [6.45, 7) is 8.39. The predicted octanol–water partition coefficient (Wildman–Crippen LogP) is 3.58. The predicted molar refractivity (Wildman–Crippen MR) is 136 cm³/mol. The smallest absolute Gasteiger partial charge is 0.243 e. The fourth-order valence-corrected chi connectivity index (χ4v) is 7.38. The first-order chi connectivity index (χ1) is 16.7. The minimum atomic E-state index is -3.53. The SMILES string of the molecule is Cc1ccc(S(=O)(=O)N2CCC(C(=O)N3CCC(C(=O)N[C@@H]4CCC[C@@H](C)[C@H]4C)CC3)CC2)cc1. The Bertz CT molecular complexity index is 994. The van der Waals surface area contributed by atoms with Crippen LogP contribution in [0.2, 0.25) is 0 Å². The maximum Gasteiger partial charge on any atom is 0.243 e. The van der Waals surface area contributed by atoms with Gasteiger partial charge in [0.25, 0.3) is 0 Å². The van der Waals surface area contributed by atoms with Crippen molar-refractivity contribution < 1.29 is 18.0 Å². The lowest BCUT2D eigenvalue weighted by Crippen LogP contribution is -2.50. The molecule has 2 saturated heterocycles. The number of benzene rings is 1. The summed E-state index contributed by atoms with van der Waals surface area (Å²) in [5.41, 5.74) is 1.02. The van der Waals surface area contributed by atoms with Crippen LogP contribution in [-0.2, 0) is 19.6 Å². The minimum absolute atomic E-state index is 0.0232. The minimum Gasteiger partial charge on any atom is -0.353 e. The first kappa shape index (κ1) is 26.1. The maximum atomic E-state index is 13.1. The third-order valence-electron chi connectivity index (χ3n) is 8.67. The van der Waals surface area contributed by atoms with Crippen LogP contribution in [0.25, 0.3) is 0 Å². The van der Waals surface area contributed by atoms with E-state index in [2.05, 4.69) is 19.2 Å². The molecule has 1 aromatic carbocycles. The highest BCUT2D eigenvalue weighted by Crippen LogP contribution is 2.31. The molecule has 194 valence electrons. The molecule has 35 heavy (non-hydrogen) atoms. The molecule has 1 N–H and O–H groups in total. The molecular weight excluding hydrogens is 462 g/mol. The van der Waals surface area contributed by atoms with E-state index in [4.69, 9.17) is 0 Å². The molecule has 0 unspecified atom stereocenters. The number of sulfonamides is 1. The second-order valence-electron chi connectivity index (χ2n) is 11.0. The number of amides is 2. The molecule has 2 amide bonds. The highest BCUT2D eigenvalue weighted by Gasteiger charge is 2.36. The van der Waals surface area contributed by atoms with Gasteiger partial charge in [0.15, 0.2) is 0 Å². The number of piperidine rings is 2. The largest absolute Gasteiger partial charge is 0.353 e. The van der Waals surface area contributed by atoms with Crippen LogP contribution >= 0.6 is 0 Å². The van der Waals surface area contributed by atoms with Gasteiger partial charge in [-0.25, -0.2) is 8.42 Å². The lowest BCUT2D eigenvalue weighted by atomic mass is 9.78. The van der Waals surface area contributed by atoms with E-state index in [9.17, 15) is 18.0 Å². The normalized spacial score (nSPS) is 27.5. The van der Waals surface area contributed by atoms with E-state index < -0.39 is 10.0 Å². The van der Waals surface area contributed by atoms with E-state index in [0.29, 0.717) is 68.6 Å². The van der Waals surface area contributed by atoms with Gasteiger partial charge >= 0.3 is 0 Å². The van der Waals surface area contributed by atoms with Crippen LogP contribution in [0.1, 0.15) is 64.4 Å². The molecule has 0 spiro atoms. The summed E-state index contributed by atoms with van der Waals surface area (Å²) in [4.78, 5) is 28.2. The number of carbonyl (C=O) groups is 2. The lowest BCUT2D eigenvalue weighted by Gasteiger charge is -2.38. The molecule has 4 rings (SSSR count). The van der Waals surface area contributed by atoms with Crippen LogP contribution in [0.15, 0.2) is 29.2 Å². The molecule has 1 aromatic rings. The average molecular weight is 504 g/mol. The molecule has 3 aliphatic rings. The fraction of sp³-hybridized carbons (Fsp3) is 0.704. The van der Waals surface area contributed by atoms with Crippen molar-refractivity contribution in [1.29, 1.82) is 0 Å².